The van der Waals surface area contributed by atoms with Gasteiger partial charge in [0, 0.05) is 20.2 Å². The first-order valence-electron chi connectivity index (χ1n) is 6.10. The Hall–Kier alpha value is -3.14. The maximum Gasteiger partial charge on any atom is 0.292 e. The highest BCUT2D eigenvalue weighted by atomic mass is 16.6. The van der Waals surface area contributed by atoms with Crippen molar-refractivity contribution in [2.24, 2.45) is 0 Å². The van der Waals surface area contributed by atoms with Crippen molar-refractivity contribution < 1.29 is 4.92 Å². The van der Waals surface area contributed by atoms with Crippen molar-refractivity contribution in [1.82, 2.24) is 4.98 Å². The summed E-state index contributed by atoms with van der Waals surface area (Å²) in [4.78, 5) is 16.6. The molecule has 0 aliphatic carbocycles. The van der Waals surface area contributed by atoms with E-state index in [2.05, 4.69) is 10.3 Å². The van der Waals surface area contributed by atoms with E-state index in [1.807, 2.05) is 25.1 Å². The zero-order valence-corrected chi connectivity index (χ0v) is 11.6. The molecule has 0 spiro atoms. The van der Waals surface area contributed by atoms with E-state index >= 15 is 0 Å². The van der Waals surface area contributed by atoms with Crippen LogP contribution < -0.4 is 10.2 Å². The van der Waals surface area contributed by atoms with Crippen LogP contribution in [0.15, 0.2) is 36.5 Å². The third kappa shape index (κ3) is 3.25. The van der Waals surface area contributed by atoms with Gasteiger partial charge in [0.2, 0.25) is 0 Å². The SMILES string of the molecule is CN(C)c1ccc(Nc2cc(C#N)ccc2[N+](=O)[O-])cn1. The lowest BCUT2D eigenvalue weighted by atomic mass is 10.2. The molecule has 0 aliphatic rings. The summed E-state index contributed by atoms with van der Waals surface area (Å²) in [5, 5.41) is 22.8. The van der Waals surface area contributed by atoms with E-state index < -0.39 is 4.92 Å². The number of benzene rings is 1. The topological polar surface area (TPSA) is 95.1 Å². The largest absolute Gasteiger partial charge is 0.363 e. The van der Waals surface area contributed by atoms with E-state index in [0.29, 0.717) is 11.3 Å². The van der Waals surface area contributed by atoms with Gasteiger partial charge in [-0.25, -0.2) is 4.98 Å². The first-order valence-corrected chi connectivity index (χ1v) is 6.10. The number of anilines is 3. The van der Waals surface area contributed by atoms with Gasteiger partial charge in [0.05, 0.1) is 28.4 Å². The molecule has 1 aromatic heterocycles. The molecule has 106 valence electrons. The van der Waals surface area contributed by atoms with Gasteiger partial charge in [0.25, 0.3) is 5.69 Å². The van der Waals surface area contributed by atoms with E-state index in [0.717, 1.165) is 5.82 Å². The number of nitrogens with one attached hydrogen (secondary N) is 1. The second kappa shape index (κ2) is 5.88. The monoisotopic (exact) mass is 283 g/mol. The Morgan fingerprint density at radius 2 is 2.10 bits per heavy atom. The summed E-state index contributed by atoms with van der Waals surface area (Å²) < 4.78 is 0. The molecule has 2 aromatic rings. The number of hydrogen-bond acceptors (Lipinski definition) is 6. The Kier molecular flexibility index (Phi) is 4.00. The van der Waals surface area contributed by atoms with Gasteiger partial charge < -0.3 is 10.2 Å². The molecule has 0 bridgehead atoms. The van der Waals surface area contributed by atoms with Gasteiger partial charge in [-0.15, -0.1) is 0 Å². The van der Waals surface area contributed by atoms with Crippen LogP contribution in [0.2, 0.25) is 0 Å². The van der Waals surface area contributed by atoms with Crippen molar-refractivity contribution in [2.75, 3.05) is 24.3 Å². The summed E-state index contributed by atoms with van der Waals surface area (Å²) in [6.45, 7) is 0. The average molecular weight is 283 g/mol. The fourth-order valence-corrected chi connectivity index (χ4v) is 1.74. The lowest BCUT2D eigenvalue weighted by molar-refractivity contribution is -0.383. The van der Waals surface area contributed by atoms with Crippen molar-refractivity contribution in [3.05, 3.63) is 52.2 Å². The number of nitriles is 1. The van der Waals surface area contributed by atoms with Crippen molar-refractivity contribution >= 4 is 22.9 Å². The summed E-state index contributed by atoms with van der Waals surface area (Å²) >= 11 is 0. The van der Waals surface area contributed by atoms with Crippen molar-refractivity contribution in [1.29, 1.82) is 5.26 Å². The molecule has 1 aromatic carbocycles. The predicted octanol–water partition coefficient (Wildman–Crippen LogP) is 2.67. The summed E-state index contributed by atoms with van der Waals surface area (Å²) in [7, 11) is 3.74. The Bertz CT molecular complexity index is 704. The molecule has 0 saturated carbocycles. The van der Waals surface area contributed by atoms with Gasteiger partial charge >= 0.3 is 0 Å². The molecule has 0 amide bonds. The Morgan fingerprint density at radius 3 is 2.62 bits per heavy atom. The molecule has 0 saturated heterocycles. The number of hydrogen-bond donors (Lipinski definition) is 1. The Labute approximate surface area is 121 Å². The van der Waals surface area contributed by atoms with E-state index in [4.69, 9.17) is 5.26 Å². The number of pyridine rings is 1. The van der Waals surface area contributed by atoms with Crippen LogP contribution in [0.3, 0.4) is 0 Å². The van der Waals surface area contributed by atoms with E-state index in [-0.39, 0.29) is 11.4 Å². The fourth-order valence-electron chi connectivity index (χ4n) is 1.74. The van der Waals surface area contributed by atoms with Gasteiger partial charge in [-0.3, -0.25) is 10.1 Å². The third-order valence-electron chi connectivity index (χ3n) is 2.81. The van der Waals surface area contributed by atoms with Gasteiger partial charge in [-0.2, -0.15) is 5.26 Å². The van der Waals surface area contributed by atoms with E-state index in [9.17, 15) is 10.1 Å². The number of nitro groups is 1. The molecule has 2 rings (SSSR count). The maximum atomic E-state index is 11.0. The maximum absolute atomic E-state index is 11.0. The molecule has 0 atom stereocenters. The highest BCUT2D eigenvalue weighted by molar-refractivity contribution is 5.71. The number of nitrogens with zero attached hydrogens (tertiary/aromatic N) is 4. The first kappa shape index (κ1) is 14.3. The summed E-state index contributed by atoms with van der Waals surface area (Å²) in [5.41, 5.74) is 1.13. The molecular weight excluding hydrogens is 270 g/mol. The molecule has 1 N–H and O–H groups in total. The normalized spacial score (nSPS) is 9.76. The van der Waals surface area contributed by atoms with Crippen molar-refractivity contribution in [2.45, 2.75) is 0 Å². The highest BCUT2D eigenvalue weighted by Crippen LogP contribution is 2.28. The molecule has 21 heavy (non-hydrogen) atoms. The lowest BCUT2D eigenvalue weighted by Gasteiger charge is -2.12. The van der Waals surface area contributed by atoms with E-state index in [1.165, 1.54) is 18.2 Å². The van der Waals surface area contributed by atoms with Gasteiger partial charge in [-0.1, -0.05) is 0 Å². The molecule has 0 radical (unpaired) electrons. The van der Waals surface area contributed by atoms with Crippen LogP contribution in [0.5, 0.6) is 0 Å². The average Bonchev–Trinajstić information content (AvgIpc) is 2.47. The zero-order chi connectivity index (χ0) is 15.4. The predicted molar refractivity (Wildman–Crippen MR) is 79.7 cm³/mol. The van der Waals surface area contributed by atoms with E-state index in [1.54, 1.807) is 18.3 Å². The van der Waals surface area contributed by atoms with Crippen LogP contribution in [0.25, 0.3) is 0 Å². The molecule has 0 aliphatic heterocycles. The van der Waals surface area contributed by atoms with Gasteiger partial charge in [0.15, 0.2) is 0 Å². The smallest absolute Gasteiger partial charge is 0.292 e. The molecule has 0 fully saturated rings. The quantitative estimate of drug-likeness (QED) is 0.684. The standard InChI is InChI=1S/C14H13N5O2/c1-18(2)14-6-4-11(9-16-14)17-12-7-10(8-15)3-5-13(12)19(20)21/h3-7,9,17H,1-2H3. The minimum atomic E-state index is -0.495. The number of rotatable bonds is 4. The molecule has 0 unspecified atom stereocenters. The van der Waals surface area contributed by atoms with Crippen molar-refractivity contribution in [3.8, 4) is 6.07 Å². The van der Waals surface area contributed by atoms with Crippen LogP contribution in [-0.4, -0.2) is 24.0 Å². The summed E-state index contributed by atoms with van der Waals surface area (Å²) in [5.74, 6) is 0.779. The Morgan fingerprint density at radius 1 is 1.33 bits per heavy atom. The number of aromatic nitrogens is 1. The highest BCUT2D eigenvalue weighted by Gasteiger charge is 2.14. The number of nitro benzene ring substituents is 1. The lowest BCUT2D eigenvalue weighted by Crippen LogP contribution is -2.10. The minimum Gasteiger partial charge on any atom is -0.363 e. The summed E-state index contributed by atoms with van der Waals surface area (Å²) in [6.07, 6.45) is 1.58. The zero-order valence-electron chi connectivity index (χ0n) is 11.6. The van der Waals surface area contributed by atoms with Crippen LogP contribution in [0, 0.1) is 21.4 Å². The van der Waals surface area contributed by atoms with Gasteiger partial charge in [-0.05, 0) is 24.3 Å². The van der Waals surface area contributed by atoms with Crippen LogP contribution in [-0.2, 0) is 0 Å². The minimum absolute atomic E-state index is 0.0920. The van der Waals surface area contributed by atoms with Crippen molar-refractivity contribution in [3.63, 3.8) is 0 Å². The molecule has 7 nitrogen and oxygen atoms in total. The molecule has 1 heterocycles. The second-order valence-corrected chi connectivity index (χ2v) is 4.53. The summed E-state index contributed by atoms with van der Waals surface area (Å²) in [6, 6.07) is 9.69. The second-order valence-electron chi connectivity index (χ2n) is 4.53. The van der Waals surface area contributed by atoms with Gasteiger partial charge in [0.1, 0.15) is 11.5 Å². The third-order valence-corrected chi connectivity index (χ3v) is 2.81. The first-order chi connectivity index (χ1) is 10.0. The molecular formula is C14H13N5O2. The fraction of sp³-hybridized carbons (Fsp3) is 0.143. The Balaban J connectivity index is 2.33. The molecule has 7 heteroatoms. The van der Waals surface area contributed by atoms with Crippen LogP contribution >= 0.6 is 0 Å². The van der Waals surface area contributed by atoms with Crippen LogP contribution in [0.1, 0.15) is 5.56 Å². The van der Waals surface area contributed by atoms with Crippen LogP contribution in [0.4, 0.5) is 22.9 Å².